The van der Waals surface area contributed by atoms with Crippen LogP contribution in [0.2, 0.25) is 0 Å². The number of nitrogens with one attached hydrogen (secondary N) is 1. The van der Waals surface area contributed by atoms with Crippen LogP contribution in [-0.4, -0.2) is 22.2 Å². The second kappa shape index (κ2) is 7.26. The Balaban J connectivity index is 1.46. The van der Waals surface area contributed by atoms with Crippen molar-refractivity contribution in [2.75, 3.05) is 6.54 Å². The number of carbonyl (C=O) groups excluding carboxylic acids is 1. The maximum atomic E-state index is 11.8. The van der Waals surface area contributed by atoms with E-state index in [0.29, 0.717) is 13.1 Å². The van der Waals surface area contributed by atoms with Gasteiger partial charge < -0.3 is 9.73 Å². The number of furan rings is 1. The molecule has 3 rings (SSSR count). The van der Waals surface area contributed by atoms with Gasteiger partial charge in [-0.25, -0.2) is 0 Å². The van der Waals surface area contributed by atoms with E-state index >= 15 is 0 Å². The van der Waals surface area contributed by atoms with Crippen molar-refractivity contribution in [3.8, 4) is 11.1 Å². The SMILES string of the molecule is O=C(C=Cc1ccccc1)NCCn1cc(-c2ccoc2)cn1. The molecule has 2 aromatic heterocycles. The van der Waals surface area contributed by atoms with Gasteiger partial charge in [0.1, 0.15) is 0 Å². The monoisotopic (exact) mass is 307 g/mol. The van der Waals surface area contributed by atoms with Gasteiger partial charge in [-0.05, 0) is 17.7 Å². The fourth-order valence-corrected chi connectivity index (χ4v) is 2.15. The molecule has 116 valence electrons. The molecule has 23 heavy (non-hydrogen) atoms. The van der Waals surface area contributed by atoms with Crippen molar-refractivity contribution in [3.63, 3.8) is 0 Å². The lowest BCUT2D eigenvalue weighted by Crippen LogP contribution is -2.25. The van der Waals surface area contributed by atoms with Crippen molar-refractivity contribution in [1.82, 2.24) is 15.1 Å². The number of nitrogens with zero attached hydrogens (tertiary/aromatic N) is 2. The molecule has 0 radical (unpaired) electrons. The Labute approximate surface area is 134 Å². The summed E-state index contributed by atoms with van der Waals surface area (Å²) in [6.07, 6.45) is 10.3. The highest BCUT2D eigenvalue weighted by atomic mass is 16.3. The number of amides is 1. The van der Waals surface area contributed by atoms with Crippen molar-refractivity contribution >= 4 is 12.0 Å². The summed E-state index contributed by atoms with van der Waals surface area (Å²) < 4.78 is 6.85. The van der Waals surface area contributed by atoms with Gasteiger partial charge in [-0.1, -0.05) is 30.3 Å². The molecule has 0 saturated heterocycles. The van der Waals surface area contributed by atoms with Crippen LogP contribution in [-0.2, 0) is 11.3 Å². The molecular formula is C18H17N3O2. The van der Waals surface area contributed by atoms with Crippen LogP contribution >= 0.6 is 0 Å². The van der Waals surface area contributed by atoms with Crippen molar-refractivity contribution in [2.24, 2.45) is 0 Å². The van der Waals surface area contributed by atoms with E-state index in [9.17, 15) is 4.79 Å². The average molecular weight is 307 g/mol. The summed E-state index contributed by atoms with van der Waals surface area (Å²) in [7, 11) is 0. The molecule has 0 spiro atoms. The quantitative estimate of drug-likeness (QED) is 0.712. The first kappa shape index (κ1) is 14.8. The molecular weight excluding hydrogens is 290 g/mol. The largest absolute Gasteiger partial charge is 0.472 e. The second-order valence-electron chi connectivity index (χ2n) is 5.04. The third-order valence-corrected chi connectivity index (χ3v) is 3.35. The standard InChI is InChI=1S/C18H17N3O2/c22-18(7-6-15-4-2-1-3-5-15)19-9-10-21-13-17(12-20-21)16-8-11-23-14-16/h1-8,11-14H,9-10H2,(H,19,22). The number of rotatable bonds is 6. The van der Waals surface area contributed by atoms with E-state index in [0.717, 1.165) is 16.7 Å². The highest BCUT2D eigenvalue weighted by molar-refractivity contribution is 5.91. The molecule has 0 aliphatic rings. The molecule has 5 nitrogen and oxygen atoms in total. The number of benzene rings is 1. The van der Waals surface area contributed by atoms with Crippen LogP contribution < -0.4 is 5.32 Å². The molecule has 0 unspecified atom stereocenters. The van der Waals surface area contributed by atoms with Gasteiger partial charge in [0.2, 0.25) is 5.91 Å². The van der Waals surface area contributed by atoms with E-state index in [1.807, 2.05) is 42.6 Å². The summed E-state index contributed by atoms with van der Waals surface area (Å²) in [6, 6.07) is 11.6. The number of carbonyl (C=O) groups is 1. The van der Waals surface area contributed by atoms with Crippen molar-refractivity contribution in [2.45, 2.75) is 6.54 Å². The van der Waals surface area contributed by atoms with Crippen LogP contribution in [0.4, 0.5) is 0 Å². The van der Waals surface area contributed by atoms with Crippen molar-refractivity contribution in [3.05, 3.63) is 73.0 Å². The third-order valence-electron chi connectivity index (χ3n) is 3.35. The van der Waals surface area contributed by atoms with Gasteiger partial charge in [0.15, 0.2) is 0 Å². The Bertz CT molecular complexity index is 774. The Morgan fingerprint density at radius 1 is 1.22 bits per heavy atom. The van der Waals surface area contributed by atoms with E-state index in [1.54, 1.807) is 29.5 Å². The lowest BCUT2D eigenvalue weighted by atomic mass is 10.2. The molecule has 1 aromatic carbocycles. The van der Waals surface area contributed by atoms with Crippen molar-refractivity contribution in [1.29, 1.82) is 0 Å². The Hall–Kier alpha value is -3.08. The average Bonchev–Trinajstić information content (AvgIpc) is 3.25. The van der Waals surface area contributed by atoms with Crippen molar-refractivity contribution < 1.29 is 9.21 Å². The lowest BCUT2D eigenvalue weighted by Gasteiger charge is -2.02. The molecule has 0 bridgehead atoms. The zero-order valence-corrected chi connectivity index (χ0v) is 12.6. The van der Waals surface area contributed by atoms with Gasteiger partial charge in [-0.2, -0.15) is 5.10 Å². The zero-order valence-electron chi connectivity index (χ0n) is 12.6. The second-order valence-corrected chi connectivity index (χ2v) is 5.04. The fraction of sp³-hybridized carbons (Fsp3) is 0.111. The minimum Gasteiger partial charge on any atom is -0.472 e. The fourth-order valence-electron chi connectivity index (χ4n) is 2.15. The molecule has 2 heterocycles. The first-order valence-electron chi connectivity index (χ1n) is 7.37. The zero-order chi connectivity index (χ0) is 15.9. The molecule has 0 aliphatic carbocycles. The Morgan fingerprint density at radius 3 is 2.87 bits per heavy atom. The first-order chi connectivity index (χ1) is 11.3. The summed E-state index contributed by atoms with van der Waals surface area (Å²) >= 11 is 0. The van der Waals surface area contributed by atoms with E-state index in [2.05, 4.69) is 10.4 Å². The van der Waals surface area contributed by atoms with Gasteiger partial charge in [-0.15, -0.1) is 0 Å². The van der Waals surface area contributed by atoms with E-state index < -0.39 is 0 Å². The molecule has 3 aromatic rings. The molecule has 0 saturated carbocycles. The predicted octanol–water partition coefficient (Wildman–Crippen LogP) is 2.97. The summed E-state index contributed by atoms with van der Waals surface area (Å²) in [5.41, 5.74) is 2.99. The van der Waals surface area contributed by atoms with Crippen LogP contribution in [0, 0.1) is 0 Å². The van der Waals surface area contributed by atoms with Crippen LogP contribution in [0.25, 0.3) is 17.2 Å². The van der Waals surface area contributed by atoms with Crippen LogP contribution in [0.3, 0.4) is 0 Å². The highest BCUT2D eigenvalue weighted by Gasteiger charge is 2.03. The maximum Gasteiger partial charge on any atom is 0.244 e. The summed E-state index contributed by atoms with van der Waals surface area (Å²) in [5.74, 6) is -0.115. The van der Waals surface area contributed by atoms with Gasteiger partial charge in [0, 0.05) is 29.9 Å². The van der Waals surface area contributed by atoms with E-state index in [1.165, 1.54) is 6.08 Å². The Morgan fingerprint density at radius 2 is 2.09 bits per heavy atom. The normalized spacial score (nSPS) is 11.0. The van der Waals surface area contributed by atoms with E-state index in [-0.39, 0.29) is 5.91 Å². The molecule has 0 fully saturated rings. The molecule has 1 N–H and O–H groups in total. The molecule has 5 heteroatoms. The van der Waals surface area contributed by atoms with E-state index in [4.69, 9.17) is 4.42 Å². The number of hydrogen-bond acceptors (Lipinski definition) is 3. The van der Waals surface area contributed by atoms with Gasteiger partial charge in [0.05, 0.1) is 25.3 Å². The smallest absolute Gasteiger partial charge is 0.244 e. The first-order valence-corrected chi connectivity index (χ1v) is 7.37. The minimum atomic E-state index is -0.115. The number of aromatic nitrogens is 2. The number of hydrogen-bond donors (Lipinski definition) is 1. The summed E-state index contributed by atoms with van der Waals surface area (Å²) in [4.78, 5) is 11.8. The highest BCUT2D eigenvalue weighted by Crippen LogP contribution is 2.18. The molecule has 0 aliphatic heterocycles. The predicted molar refractivity (Wildman–Crippen MR) is 88.4 cm³/mol. The summed E-state index contributed by atoms with van der Waals surface area (Å²) in [6.45, 7) is 1.13. The lowest BCUT2D eigenvalue weighted by molar-refractivity contribution is -0.116. The minimum absolute atomic E-state index is 0.115. The topological polar surface area (TPSA) is 60.1 Å². The van der Waals surface area contributed by atoms with Gasteiger partial charge in [0.25, 0.3) is 0 Å². The van der Waals surface area contributed by atoms with Crippen LogP contribution in [0.1, 0.15) is 5.56 Å². The molecule has 0 atom stereocenters. The third kappa shape index (κ3) is 4.20. The van der Waals surface area contributed by atoms with Crippen LogP contribution in [0.5, 0.6) is 0 Å². The Kier molecular flexibility index (Phi) is 4.69. The van der Waals surface area contributed by atoms with Gasteiger partial charge in [-0.3, -0.25) is 9.48 Å². The maximum absolute atomic E-state index is 11.8. The van der Waals surface area contributed by atoms with Crippen LogP contribution in [0.15, 0.2) is 71.8 Å². The van der Waals surface area contributed by atoms with Gasteiger partial charge >= 0.3 is 0 Å². The molecule has 1 amide bonds. The summed E-state index contributed by atoms with van der Waals surface area (Å²) in [5, 5.41) is 7.11.